The SMILES string of the molecule is [C-]#[N+]CCc1c(F)c(F)c(F)c(F)c1F. The second kappa shape index (κ2) is 4.26. The maximum Gasteiger partial charge on any atom is 0.218 e. The fourth-order valence-electron chi connectivity index (χ4n) is 1.04. The van der Waals surface area contributed by atoms with E-state index >= 15 is 0 Å². The summed E-state index contributed by atoms with van der Waals surface area (Å²) in [5, 5.41) is 0. The van der Waals surface area contributed by atoms with E-state index in [4.69, 9.17) is 6.57 Å². The molecule has 80 valence electrons. The van der Waals surface area contributed by atoms with Crippen LogP contribution in [0.15, 0.2) is 0 Å². The van der Waals surface area contributed by atoms with Crippen molar-refractivity contribution in [2.75, 3.05) is 6.54 Å². The molecule has 0 saturated carbocycles. The van der Waals surface area contributed by atoms with E-state index in [2.05, 4.69) is 4.85 Å². The van der Waals surface area contributed by atoms with Crippen LogP contribution < -0.4 is 0 Å². The van der Waals surface area contributed by atoms with Gasteiger partial charge in [0.25, 0.3) is 0 Å². The minimum Gasteiger partial charge on any atom is -0.317 e. The van der Waals surface area contributed by atoms with E-state index in [1.807, 2.05) is 0 Å². The van der Waals surface area contributed by atoms with Crippen molar-refractivity contribution >= 4 is 0 Å². The quantitative estimate of drug-likeness (QED) is 0.313. The summed E-state index contributed by atoms with van der Waals surface area (Å²) in [6.07, 6.45) is -0.505. The van der Waals surface area contributed by atoms with Gasteiger partial charge < -0.3 is 4.85 Å². The molecule has 1 aromatic rings. The van der Waals surface area contributed by atoms with Gasteiger partial charge in [0.2, 0.25) is 12.4 Å². The average Bonchev–Trinajstić information content (AvgIpc) is 2.24. The number of nitrogens with zero attached hydrogens (tertiary/aromatic N) is 1. The summed E-state index contributed by atoms with van der Waals surface area (Å²) in [7, 11) is 0. The molecule has 0 amide bonds. The van der Waals surface area contributed by atoms with Crippen LogP contribution in [0.2, 0.25) is 0 Å². The fourth-order valence-corrected chi connectivity index (χ4v) is 1.04. The molecule has 0 radical (unpaired) electrons. The van der Waals surface area contributed by atoms with E-state index in [9.17, 15) is 22.0 Å². The third-order valence-corrected chi connectivity index (χ3v) is 1.77. The number of halogens is 5. The number of hydrogen-bond donors (Lipinski definition) is 0. The topological polar surface area (TPSA) is 4.36 Å². The smallest absolute Gasteiger partial charge is 0.218 e. The van der Waals surface area contributed by atoms with Crippen LogP contribution in [-0.4, -0.2) is 6.54 Å². The van der Waals surface area contributed by atoms with Crippen LogP contribution in [0.25, 0.3) is 4.85 Å². The largest absolute Gasteiger partial charge is 0.317 e. The highest BCUT2D eigenvalue weighted by atomic mass is 19.2. The number of hydrogen-bond acceptors (Lipinski definition) is 0. The first-order valence-corrected chi connectivity index (χ1v) is 3.84. The summed E-state index contributed by atoms with van der Waals surface area (Å²) in [6.45, 7) is 6.03. The zero-order chi connectivity index (χ0) is 11.6. The van der Waals surface area contributed by atoms with Gasteiger partial charge in [0.1, 0.15) is 0 Å². The minimum atomic E-state index is -2.18. The lowest BCUT2D eigenvalue weighted by Crippen LogP contribution is -2.07. The van der Waals surface area contributed by atoms with Crippen molar-refractivity contribution in [1.82, 2.24) is 0 Å². The Morgan fingerprint density at radius 1 is 0.800 bits per heavy atom. The van der Waals surface area contributed by atoms with Crippen LogP contribution in [0.5, 0.6) is 0 Å². The van der Waals surface area contributed by atoms with E-state index in [0.29, 0.717) is 0 Å². The Kier molecular flexibility index (Phi) is 3.24. The van der Waals surface area contributed by atoms with Gasteiger partial charge in [-0.05, 0) is 0 Å². The molecule has 0 aliphatic carbocycles. The molecule has 0 aliphatic heterocycles. The van der Waals surface area contributed by atoms with Gasteiger partial charge in [0.15, 0.2) is 23.3 Å². The molecule has 0 atom stereocenters. The highest BCUT2D eigenvalue weighted by molar-refractivity contribution is 5.24. The summed E-state index contributed by atoms with van der Waals surface area (Å²) in [5.74, 6) is -9.87. The summed E-state index contributed by atoms with van der Waals surface area (Å²) in [6, 6.07) is 0. The van der Waals surface area contributed by atoms with Crippen molar-refractivity contribution < 1.29 is 22.0 Å². The Morgan fingerprint density at radius 3 is 1.60 bits per heavy atom. The predicted molar refractivity (Wildman–Crippen MR) is 41.4 cm³/mol. The van der Waals surface area contributed by atoms with Gasteiger partial charge in [-0.3, -0.25) is 0 Å². The number of benzene rings is 1. The Hall–Kier alpha value is -1.64. The molecule has 15 heavy (non-hydrogen) atoms. The molecule has 1 rings (SSSR count). The van der Waals surface area contributed by atoms with Crippen LogP contribution in [0, 0.1) is 35.7 Å². The lowest BCUT2D eigenvalue weighted by atomic mass is 10.1. The van der Waals surface area contributed by atoms with Gasteiger partial charge in [0, 0.05) is 5.56 Å². The van der Waals surface area contributed by atoms with E-state index in [1.165, 1.54) is 0 Å². The molecule has 1 nitrogen and oxygen atoms in total. The molecule has 6 heteroatoms. The Bertz CT molecular complexity index is 406. The third-order valence-electron chi connectivity index (χ3n) is 1.77. The summed E-state index contributed by atoms with van der Waals surface area (Å²) in [4.78, 5) is 2.77. The maximum atomic E-state index is 12.9. The van der Waals surface area contributed by atoms with Crippen LogP contribution >= 0.6 is 0 Å². The van der Waals surface area contributed by atoms with Crippen molar-refractivity contribution in [1.29, 1.82) is 0 Å². The van der Waals surface area contributed by atoms with Gasteiger partial charge in [-0.25, -0.2) is 28.5 Å². The molecule has 0 saturated heterocycles. The molecule has 0 spiro atoms. The molecule has 0 fully saturated rings. The van der Waals surface area contributed by atoms with Crippen molar-refractivity contribution in [3.63, 3.8) is 0 Å². The Morgan fingerprint density at radius 2 is 1.20 bits per heavy atom. The Labute approximate surface area is 82.0 Å². The van der Waals surface area contributed by atoms with Crippen molar-refractivity contribution in [2.24, 2.45) is 0 Å². The summed E-state index contributed by atoms with van der Waals surface area (Å²) in [5.41, 5.74) is -0.942. The van der Waals surface area contributed by atoms with E-state index in [0.717, 1.165) is 0 Å². The molecule has 0 unspecified atom stereocenters. The van der Waals surface area contributed by atoms with E-state index in [1.54, 1.807) is 0 Å². The molecule has 1 aromatic carbocycles. The summed E-state index contributed by atoms with van der Waals surface area (Å²) >= 11 is 0. The van der Waals surface area contributed by atoms with Crippen LogP contribution in [0.4, 0.5) is 22.0 Å². The van der Waals surface area contributed by atoms with E-state index < -0.39 is 41.1 Å². The van der Waals surface area contributed by atoms with Crippen LogP contribution in [0.3, 0.4) is 0 Å². The van der Waals surface area contributed by atoms with Crippen LogP contribution in [0.1, 0.15) is 5.56 Å². The van der Waals surface area contributed by atoms with E-state index in [-0.39, 0.29) is 6.54 Å². The highest BCUT2D eigenvalue weighted by Gasteiger charge is 2.25. The highest BCUT2D eigenvalue weighted by Crippen LogP contribution is 2.23. The van der Waals surface area contributed by atoms with Gasteiger partial charge in [-0.1, -0.05) is 0 Å². The molecule has 0 bridgehead atoms. The maximum absolute atomic E-state index is 12.9. The summed E-state index contributed by atoms with van der Waals surface area (Å²) < 4.78 is 63.5. The molecule has 0 aliphatic rings. The van der Waals surface area contributed by atoms with Gasteiger partial charge in [-0.2, -0.15) is 0 Å². The molecular formula is C9H4F5N. The normalized spacial score (nSPS) is 10.1. The third kappa shape index (κ3) is 1.91. The zero-order valence-electron chi connectivity index (χ0n) is 7.25. The van der Waals surface area contributed by atoms with Gasteiger partial charge in [0.05, 0.1) is 6.42 Å². The minimum absolute atomic E-state index is 0.335. The molecular weight excluding hydrogens is 217 g/mol. The lowest BCUT2D eigenvalue weighted by Gasteiger charge is -2.04. The molecule has 0 heterocycles. The monoisotopic (exact) mass is 221 g/mol. The second-order valence-electron chi connectivity index (χ2n) is 2.68. The van der Waals surface area contributed by atoms with Crippen molar-refractivity contribution in [3.8, 4) is 0 Å². The first-order chi connectivity index (χ1) is 7.00. The van der Waals surface area contributed by atoms with Crippen LogP contribution in [-0.2, 0) is 6.42 Å². The van der Waals surface area contributed by atoms with Crippen molar-refractivity contribution in [2.45, 2.75) is 6.42 Å². The first-order valence-electron chi connectivity index (χ1n) is 3.84. The molecule has 0 N–H and O–H groups in total. The van der Waals surface area contributed by atoms with Crippen molar-refractivity contribution in [3.05, 3.63) is 46.1 Å². The van der Waals surface area contributed by atoms with Gasteiger partial charge in [-0.15, -0.1) is 0 Å². The second-order valence-corrected chi connectivity index (χ2v) is 2.68. The Balaban J connectivity index is 3.33. The molecule has 0 aromatic heterocycles. The fraction of sp³-hybridized carbons (Fsp3) is 0.222. The lowest BCUT2D eigenvalue weighted by molar-refractivity contribution is 0.370. The standard InChI is InChI=1S/C9H4F5N/c1-15-3-2-4-5(10)7(12)9(14)8(13)6(4)11/h2-3H2. The first kappa shape index (κ1) is 11.4. The average molecular weight is 221 g/mol. The number of rotatable bonds is 2. The zero-order valence-corrected chi connectivity index (χ0v) is 7.25. The predicted octanol–water partition coefficient (Wildman–Crippen LogP) is 2.84. The van der Waals surface area contributed by atoms with Gasteiger partial charge >= 0.3 is 0 Å².